The molecule has 1 aromatic heterocycles. The number of halogens is 1. The van der Waals surface area contributed by atoms with Gasteiger partial charge in [0.2, 0.25) is 11.1 Å². The van der Waals surface area contributed by atoms with Crippen LogP contribution in [0.25, 0.3) is 5.69 Å². The first-order valence-electron chi connectivity index (χ1n) is 7.76. The third-order valence-corrected chi connectivity index (χ3v) is 5.15. The van der Waals surface area contributed by atoms with Crippen LogP contribution in [0, 0.1) is 6.92 Å². The molecule has 0 aliphatic carbocycles. The number of phenolic OH excluding ortho intramolecular Hbond substituents is 1. The third-order valence-electron chi connectivity index (χ3n) is 3.71. The molecule has 26 heavy (non-hydrogen) atoms. The lowest BCUT2D eigenvalue weighted by molar-refractivity contribution is -0.115. The van der Waals surface area contributed by atoms with Gasteiger partial charge in [-0.3, -0.25) is 4.79 Å². The summed E-state index contributed by atoms with van der Waals surface area (Å²) in [6.45, 7) is 3.62. The molecule has 0 saturated heterocycles. The molecule has 0 bridgehead atoms. The second-order valence-corrected chi connectivity index (χ2v) is 7.27. The molecule has 3 rings (SSSR count). The highest BCUT2D eigenvalue weighted by molar-refractivity contribution is 8.00. The number of nitrogens with zero attached hydrogens (tertiary/aromatic N) is 4. The van der Waals surface area contributed by atoms with E-state index in [2.05, 4.69) is 20.8 Å². The maximum atomic E-state index is 12.5. The number of rotatable bonds is 5. The highest BCUT2D eigenvalue weighted by Crippen LogP contribution is 2.27. The molecule has 1 unspecified atom stereocenters. The molecule has 9 heteroatoms. The van der Waals surface area contributed by atoms with Crippen LogP contribution in [-0.4, -0.2) is 36.5 Å². The molecule has 3 aromatic rings. The minimum absolute atomic E-state index is 0.153. The van der Waals surface area contributed by atoms with E-state index in [1.165, 1.54) is 16.4 Å². The lowest BCUT2D eigenvalue weighted by Crippen LogP contribution is -2.23. The second-order valence-electron chi connectivity index (χ2n) is 5.55. The van der Waals surface area contributed by atoms with E-state index in [0.29, 0.717) is 21.6 Å². The molecule has 2 N–H and O–H groups in total. The fourth-order valence-electron chi connectivity index (χ4n) is 2.20. The number of anilines is 1. The Labute approximate surface area is 159 Å². The van der Waals surface area contributed by atoms with Gasteiger partial charge in [-0.1, -0.05) is 29.4 Å². The predicted molar refractivity (Wildman–Crippen MR) is 101 cm³/mol. The Morgan fingerprint density at radius 1 is 1.27 bits per heavy atom. The SMILES string of the molecule is Cc1c(Cl)cccc1NC(=O)C(C)Sc1nnnn1-c1ccc(O)cc1. The molecular formula is C17H16ClN5O2S. The van der Waals surface area contributed by atoms with Crippen molar-refractivity contribution in [1.29, 1.82) is 0 Å². The Morgan fingerprint density at radius 3 is 2.73 bits per heavy atom. The zero-order valence-electron chi connectivity index (χ0n) is 14.0. The number of aromatic nitrogens is 4. The standard InChI is InChI=1S/C17H16ClN5O2S/c1-10-14(18)4-3-5-15(10)19-16(25)11(2)26-17-20-21-22-23(17)12-6-8-13(24)9-7-12/h3-9,11,24H,1-2H3,(H,19,25). The molecule has 134 valence electrons. The van der Waals surface area contributed by atoms with Gasteiger partial charge in [-0.05, 0) is 66.2 Å². The number of tetrazole rings is 1. The van der Waals surface area contributed by atoms with E-state index < -0.39 is 5.25 Å². The quantitative estimate of drug-likeness (QED) is 0.649. The zero-order valence-corrected chi connectivity index (χ0v) is 15.6. The van der Waals surface area contributed by atoms with Gasteiger partial charge in [-0.15, -0.1) is 5.10 Å². The van der Waals surface area contributed by atoms with Crippen LogP contribution in [0.2, 0.25) is 5.02 Å². The van der Waals surface area contributed by atoms with Crippen molar-refractivity contribution in [2.75, 3.05) is 5.32 Å². The topological polar surface area (TPSA) is 92.9 Å². The van der Waals surface area contributed by atoms with Crippen LogP contribution in [0.4, 0.5) is 5.69 Å². The lowest BCUT2D eigenvalue weighted by Gasteiger charge is -2.13. The van der Waals surface area contributed by atoms with E-state index in [-0.39, 0.29) is 11.7 Å². The highest BCUT2D eigenvalue weighted by atomic mass is 35.5. The summed E-state index contributed by atoms with van der Waals surface area (Å²) in [4.78, 5) is 12.5. The van der Waals surface area contributed by atoms with Crippen molar-refractivity contribution >= 4 is 35.0 Å². The number of phenols is 1. The Balaban J connectivity index is 1.73. The first kappa shape index (κ1) is 18.2. The molecule has 0 aliphatic heterocycles. The molecular weight excluding hydrogens is 374 g/mol. The molecule has 0 radical (unpaired) electrons. The summed E-state index contributed by atoms with van der Waals surface area (Å²) < 4.78 is 1.51. The Morgan fingerprint density at radius 2 is 2.00 bits per heavy atom. The van der Waals surface area contributed by atoms with E-state index in [9.17, 15) is 9.90 Å². The third kappa shape index (κ3) is 3.97. The van der Waals surface area contributed by atoms with Crippen LogP contribution in [0.3, 0.4) is 0 Å². The normalized spacial score (nSPS) is 12.0. The van der Waals surface area contributed by atoms with Crippen LogP contribution in [0.15, 0.2) is 47.6 Å². The second kappa shape index (κ2) is 7.76. The van der Waals surface area contributed by atoms with Gasteiger partial charge in [-0.25, -0.2) is 0 Å². The number of hydrogen-bond acceptors (Lipinski definition) is 6. The number of aromatic hydroxyl groups is 1. The molecule has 1 atom stereocenters. The maximum Gasteiger partial charge on any atom is 0.237 e. The van der Waals surface area contributed by atoms with Crippen molar-refractivity contribution in [3.05, 3.63) is 53.1 Å². The summed E-state index contributed by atoms with van der Waals surface area (Å²) in [5.41, 5.74) is 2.18. The number of benzene rings is 2. The summed E-state index contributed by atoms with van der Waals surface area (Å²) in [5.74, 6) is -0.0266. The molecule has 0 fully saturated rings. The van der Waals surface area contributed by atoms with Gasteiger partial charge in [0.25, 0.3) is 0 Å². The average Bonchev–Trinajstić information content (AvgIpc) is 3.07. The number of thioether (sulfide) groups is 1. The van der Waals surface area contributed by atoms with Crippen LogP contribution in [0.5, 0.6) is 5.75 Å². The first-order chi connectivity index (χ1) is 12.5. The largest absolute Gasteiger partial charge is 0.508 e. The van der Waals surface area contributed by atoms with Crippen LogP contribution in [-0.2, 0) is 4.79 Å². The van der Waals surface area contributed by atoms with Gasteiger partial charge in [0.1, 0.15) is 5.75 Å². The Kier molecular flexibility index (Phi) is 5.43. The molecule has 0 saturated carbocycles. The van der Waals surface area contributed by atoms with Crippen LogP contribution >= 0.6 is 23.4 Å². The van der Waals surface area contributed by atoms with Gasteiger partial charge in [0, 0.05) is 10.7 Å². The van der Waals surface area contributed by atoms with Gasteiger partial charge >= 0.3 is 0 Å². The number of carbonyl (C=O) groups is 1. The zero-order chi connectivity index (χ0) is 18.7. The number of carbonyl (C=O) groups excluding carboxylic acids is 1. The fraction of sp³-hybridized carbons (Fsp3) is 0.176. The maximum absolute atomic E-state index is 12.5. The Hall–Kier alpha value is -2.58. The lowest BCUT2D eigenvalue weighted by atomic mass is 10.2. The molecule has 0 spiro atoms. The van der Waals surface area contributed by atoms with E-state index >= 15 is 0 Å². The van der Waals surface area contributed by atoms with Gasteiger partial charge in [-0.2, -0.15) is 4.68 Å². The molecule has 1 heterocycles. The summed E-state index contributed by atoms with van der Waals surface area (Å²) in [6, 6.07) is 11.8. The Bertz CT molecular complexity index is 929. The highest BCUT2D eigenvalue weighted by Gasteiger charge is 2.20. The van der Waals surface area contributed by atoms with Crippen molar-refractivity contribution < 1.29 is 9.90 Å². The van der Waals surface area contributed by atoms with Crippen molar-refractivity contribution in [1.82, 2.24) is 20.2 Å². The predicted octanol–water partition coefficient (Wildman–Crippen LogP) is 3.45. The monoisotopic (exact) mass is 389 g/mol. The van der Waals surface area contributed by atoms with E-state index in [0.717, 1.165) is 5.56 Å². The van der Waals surface area contributed by atoms with Crippen molar-refractivity contribution in [3.63, 3.8) is 0 Å². The molecule has 2 aromatic carbocycles. The van der Waals surface area contributed by atoms with E-state index in [1.54, 1.807) is 49.4 Å². The van der Waals surface area contributed by atoms with Gasteiger partial charge in [0.15, 0.2) is 0 Å². The number of amides is 1. The summed E-state index contributed by atoms with van der Waals surface area (Å²) in [6.07, 6.45) is 0. The number of nitrogens with one attached hydrogen (secondary N) is 1. The van der Waals surface area contributed by atoms with Crippen LogP contribution < -0.4 is 5.32 Å². The average molecular weight is 390 g/mol. The van der Waals surface area contributed by atoms with Crippen molar-refractivity contribution in [2.24, 2.45) is 0 Å². The minimum atomic E-state index is -0.435. The van der Waals surface area contributed by atoms with Gasteiger partial charge in [0.05, 0.1) is 10.9 Å². The fourth-order valence-corrected chi connectivity index (χ4v) is 3.18. The van der Waals surface area contributed by atoms with Crippen molar-refractivity contribution in [2.45, 2.75) is 24.3 Å². The summed E-state index contributed by atoms with van der Waals surface area (Å²) >= 11 is 7.32. The molecule has 1 amide bonds. The van der Waals surface area contributed by atoms with E-state index in [1.807, 2.05) is 6.92 Å². The smallest absolute Gasteiger partial charge is 0.237 e. The number of hydrogen-bond donors (Lipinski definition) is 2. The molecule has 0 aliphatic rings. The van der Waals surface area contributed by atoms with Crippen LogP contribution in [0.1, 0.15) is 12.5 Å². The van der Waals surface area contributed by atoms with E-state index in [4.69, 9.17) is 11.6 Å². The minimum Gasteiger partial charge on any atom is -0.508 e. The van der Waals surface area contributed by atoms with Crippen molar-refractivity contribution in [3.8, 4) is 11.4 Å². The van der Waals surface area contributed by atoms with Gasteiger partial charge < -0.3 is 10.4 Å². The molecule has 7 nitrogen and oxygen atoms in total. The first-order valence-corrected chi connectivity index (χ1v) is 9.02. The summed E-state index contributed by atoms with van der Waals surface area (Å²) in [5, 5.41) is 24.5. The summed E-state index contributed by atoms with van der Waals surface area (Å²) in [7, 11) is 0.